The maximum Gasteiger partial charge on any atom is 0.287 e. The topological polar surface area (TPSA) is 75.5 Å². The lowest BCUT2D eigenvalue weighted by atomic mass is 10.2. The number of likely N-dealkylation sites (N-methyl/N-ethyl adjacent to an activating group) is 2. The van der Waals surface area contributed by atoms with Crippen LogP contribution in [0, 0.1) is 10.1 Å². The summed E-state index contributed by atoms with van der Waals surface area (Å²) in [5.41, 5.74) is 0.135. The Labute approximate surface area is 110 Å². The standard InChI is InChI=1S/C11H14ClN3O3/c1-13-5-6-14(2)11(16)8-3-4-10(15(17)18)9(12)7-8/h3-4,7,13H,5-6H2,1-2H3. The second kappa shape index (κ2) is 6.32. The molecule has 7 heteroatoms. The van der Waals surface area contributed by atoms with E-state index in [0.29, 0.717) is 18.7 Å². The van der Waals surface area contributed by atoms with E-state index in [9.17, 15) is 14.9 Å². The van der Waals surface area contributed by atoms with Gasteiger partial charge in [0.25, 0.3) is 11.6 Å². The Kier molecular flexibility index (Phi) is 5.06. The minimum Gasteiger partial charge on any atom is -0.340 e. The van der Waals surface area contributed by atoms with E-state index in [1.165, 1.54) is 23.1 Å². The predicted octanol–water partition coefficient (Wildman–Crippen LogP) is 1.54. The molecule has 18 heavy (non-hydrogen) atoms. The van der Waals surface area contributed by atoms with Gasteiger partial charge in [0.05, 0.1) is 4.92 Å². The van der Waals surface area contributed by atoms with Crippen molar-refractivity contribution in [2.24, 2.45) is 0 Å². The fourth-order valence-electron chi connectivity index (χ4n) is 1.39. The molecule has 0 fully saturated rings. The van der Waals surface area contributed by atoms with Crippen LogP contribution >= 0.6 is 11.6 Å². The van der Waals surface area contributed by atoms with Crippen LogP contribution in [0.25, 0.3) is 0 Å². The average Bonchev–Trinajstić information content (AvgIpc) is 2.34. The third-order valence-corrected chi connectivity index (χ3v) is 2.74. The molecule has 0 atom stereocenters. The van der Waals surface area contributed by atoms with Gasteiger partial charge in [-0.1, -0.05) is 11.6 Å². The molecule has 1 aromatic rings. The monoisotopic (exact) mass is 271 g/mol. The van der Waals surface area contributed by atoms with Gasteiger partial charge in [0.1, 0.15) is 5.02 Å². The molecule has 0 spiro atoms. The summed E-state index contributed by atoms with van der Waals surface area (Å²) in [6, 6.07) is 3.96. The lowest BCUT2D eigenvalue weighted by Crippen LogP contribution is -2.32. The number of nitrogens with one attached hydrogen (secondary N) is 1. The Hall–Kier alpha value is -1.66. The summed E-state index contributed by atoms with van der Waals surface area (Å²) in [4.78, 5) is 23.5. The van der Waals surface area contributed by atoms with Crippen LogP contribution in [-0.4, -0.2) is 42.9 Å². The van der Waals surface area contributed by atoms with Crippen molar-refractivity contribution in [3.8, 4) is 0 Å². The molecule has 0 saturated carbocycles. The number of halogens is 1. The second-order valence-electron chi connectivity index (χ2n) is 3.75. The molecule has 1 rings (SSSR count). The smallest absolute Gasteiger partial charge is 0.287 e. The van der Waals surface area contributed by atoms with Crippen LogP contribution < -0.4 is 5.32 Å². The van der Waals surface area contributed by atoms with Gasteiger partial charge in [-0.3, -0.25) is 14.9 Å². The summed E-state index contributed by atoms with van der Waals surface area (Å²) in [5, 5.41) is 13.5. The third kappa shape index (κ3) is 3.41. The molecule has 1 N–H and O–H groups in total. The zero-order valence-electron chi connectivity index (χ0n) is 10.1. The molecular weight excluding hydrogens is 258 g/mol. The van der Waals surface area contributed by atoms with Crippen molar-refractivity contribution in [1.29, 1.82) is 0 Å². The first-order valence-electron chi connectivity index (χ1n) is 5.31. The number of carbonyl (C=O) groups excluding carboxylic acids is 1. The van der Waals surface area contributed by atoms with Crippen molar-refractivity contribution in [1.82, 2.24) is 10.2 Å². The molecule has 0 aliphatic rings. The predicted molar refractivity (Wildman–Crippen MR) is 69.0 cm³/mol. The highest BCUT2D eigenvalue weighted by atomic mass is 35.5. The number of hydrogen-bond donors (Lipinski definition) is 1. The van der Waals surface area contributed by atoms with E-state index < -0.39 is 4.92 Å². The molecule has 0 aliphatic carbocycles. The van der Waals surface area contributed by atoms with Crippen LogP contribution in [0.3, 0.4) is 0 Å². The Morgan fingerprint density at radius 2 is 2.22 bits per heavy atom. The molecule has 0 aromatic heterocycles. The van der Waals surface area contributed by atoms with E-state index in [-0.39, 0.29) is 16.6 Å². The number of nitro benzene ring substituents is 1. The molecule has 0 heterocycles. The third-order valence-electron chi connectivity index (χ3n) is 2.44. The van der Waals surface area contributed by atoms with Gasteiger partial charge in [0.2, 0.25) is 0 Å². The number of nitrogens with zero attached hydrogens (tertiary/aromatic N) is 2. The molecular formula is C11H14ClN3O3. The number of carbonyl (C=O) groups is 1. The fourth-order valence-corrected chi connectivity index (χ4v) is 1.64. The largest absolute Gasteiger partial charge is 0.340 e. The second-order valence-corrected chi connectivity index (χ2v) is 4.16. The van der Waals surface area contributed by atoms with Gasteiger partial charge in [-0.05, 0) is 19.2 Å². The zero-order valence-corrected chi connectivity index (χ0v) is 10.9. The average molecular weight is 272 g/mol. The first kappa shape index (κ1) is 14.4. The van der Waals surface area contributed by atoms with Crippen LogP contribution in [0.15, 0.2) is 18.2 Å². The molecule has 1 aromatic carbocycles. The van der Waals surface area contributed by atoms with Crippen LogP contribution in [0.5, 0.6) is 0 Å². The number of rotatable bonds is 5. The number of benzene rings is 1. The quantitative estimate of drug-likeness (QED) is 0.651. The van der Waals surface area contributed by atoms with E-state index >= 15 is 0 Å². The van der Waals surface area contributed by atoms with Crippen molar-refractivity contribution in [3.05, 3.63) is 38.9 Å². The summed E-state index contributed by atoms with van der Waals surface area (Å²) in [7, 11) is 3.45. The van der Waals surface area contributed by atoms with Gasteiger partial charge in [-0.2, -0.15) is 0 Å². The molecule has 0 aliphatic heterocycles. The first-order chi connectivity index (χ1) is 8.47. The molecule has 0 saturated heterocycles. The summed E-state index contributed by atoms with van der Waals surface area (Å²) in [6.45, 7) is 1.22. The number of nitro groups is 1. The van der Waals surface area contributed by atoms with E-state index in [4.69, 9.17) is 11.6 Å². The highest BCUT2D eigenvalue weighted by Crippen LogP contribution is 2.25. The highest BCUT2D eigenvalue weighted by molar-refractivity contribution is 6.33. The zero-order chi connectivity index (χ0) is 13.7. The lowest BCUT2D eigenvalue weighted by molar-refractivity contribution is -0.384. The molecule has 6 nitrogen and oxygen atoms in total. The van der Waals surface area contributed by atoms with Gasteiger partial charge in [0, 0.05) is 31.8 Å². The Morgan fingerprint density at radius 3 is 2.72 bits per heavy atom. The summed E-state index contributed by atoms with van der Waals surface area (Å²) in [6.07, 6.45) is 0. The maximum absolute atomic E-state index is 12.0. The first-order valence-corrected chi connectivity index (χ1v) is 5.69. The maximum atomic E-state index is 12.0. The van der Waals surface area contributed by atoms with Crippen LogP contribution in [0.2, 0.25) is 5.02 Å². The molecule has 0 radical (unpaired) electrons. The minimum atomic E-state index is -0.582. The minimum absolute atomic E-state index is 0.0344. The van der Waals surface area contributed by atoms with E-state index in [2.05, 4.69) is 5.32 Å². The molecule has 1 amide bonds. The molecule has 98 valence electrons. The Morgan fingerprint density at radius 1 is 1.56 bits per heavy atom. The van der Waals surface area contributed by atoms with Crippen LogP contribution in [-0.2, 0) is 0 Å². The van der Waals surface area contributed by atoms with Gasteiger partial charge < -0.3 is 10.2 Å². The Bertz CT molecular complexity index is 465. The van der Waals surface area contributed by atoms with Crippen LogP contribution in [0.1, 0.15) is 10.4 Å². The summed E-state index contributed by atoms with van der Waals surface area (Å²) in [5.74, 6) is -0.220. The summed E-state index contributed by atoms with van der Waals surface area (Å²) >= 11 is 5.75. The van der Waals surface area contributed by atoms with E-state index in [1.54, 1.807) is 14.1 Å². The van der Waals surface area contributed by atoms with Gasteiger partial charge >= 0.3 is 0 Å². The summed E-state index contributed by atoms with van der Waals surface area (Å²) < 4.78 is 0. The van der Waals surface area contributed by atoms with E-state index in [1.807, 2.05) is 0 Å². The normalized spacial score (nSPS) is 10.2. The molecule has 0 unspecified atom stereocenters. The van der Waals surface area contributed by atoms with Crippen molar-refractivity contribution < 1.29 is 9.72 Å². The fraction of sp³-hybridized carbons (Fsp3) is 0.364. The van der Waals surface area contributed by atoms with Gasteiger partial charge in [0.15, 0.2) is 0 Å². The number of amides is 1. The number of hydrogen-bond acceptors (Lipinski definition) is 4. The molecule has 0 bridgehead atoms. The lowest BCUT2D eigenvalue weighted by Gasteiger charge is -2.16. The van der Waals surface area contributed by atoms with Crippen molar-refractivity contribution in [3.63, 3.8) is 0 Å². The van der Waals surface area contributed by atoms with Crippen molar-refractivity contribution in [2.75, 3.05) is 27.2 Å². The van der Waals surface area contributed by atoms with Gasteiger partial charge in [-0.25, -0.2) is 0 Å². The van der Waals surface area contributed by atoms with Crippen LogP contribution in [0.4, 0.5) is 5.69 Å². The van der Waals surface area contributed by atoms with Crippen molar-refractivity contribution >= 4 is 23.2 Å². The SMILES string of the molecule is CNCCN(C)C(=O)c1ccc([N+](=O)[O-])c(Cl)c1. The Balaban J connectivity index is 2.87. The van der Waals surface area contributed by atoms with E-state index in [0.717, 1.165) is 0 Å². The van der Waals surface area contributed by atoms with Crippen molar-refractivity contribution in [2.45, 2.75) is 0 Å². The van der Waals surface area contributed by atoms with Gasteiger partial charge in [-0.15, -0.1) is 0 Å². The highest BCUT2D eigenvalue weighted by Gasteiger charge is 2.17.